The number of nitrogens with zero attached hydrogens (tertiary/aromatic N) is 1. The summed E-state index contributed by atoms with van der Waals surface area (Å²) in [7, 11) is 0. The van der Waals surface area contributed by atoms with E-state index in [9.17, 15) is 9.90 Å². The largest absolute Gasteiger partial charge is 0.504 e. The summed E-state index contributed by atoms with van der Waals surface area (Å²) in [5.41, 5.74) is 2.74. The Balaban J connectivity index is 2.04. The van der Waals surface area contributed by atoms with Crippen molar-refractivity contribution in [3.05, 3.63) is 47.9 Å². The summed E-state index contributed by atoms with van der Waals surface area (Å²) in [6, 6.07) is 8.16. The second-order valence-electron chi connectivity index (χ2n) is 3.80. The van der Waals surface area contributed by atoms with E-state index in [1.165, 1.54) is 18.5 Å². The normalized spacial score (nSPS) is 10.7. The number of para-hydroxylation sites is 1. The van der Waals surface area contributed by atoms with Gasteiger partial charge in [0.15, 0.2) is 17.3 Å². The first-order valence-electron chi connectivity index (χ1n) is 6.04. The molecule has 0 saturated heterocycles. The second-order valence-corrected chi connectivity index (χ2v) is 3.80. The molecule has 0 saturated carbocycles. The lowest BCUT2D eigenvalue weighted by Crippen LogP contribution is -2.16. The lowest BCUT2D eigenvalue weighted by atomic mass is 10.2. The van der Waals surface area contributed by atoms with Gasteiger partial charge in [0.1, 0.15) is 0 Å². The van der Waals surface area contributed by atoms with Crippen LogP contribution in [0, 0.1) is 0 Å². The predicted octanol–water partition coefficient (Wildman–Crippen LogP) is 2.15. The van der Waals surface area contributed by atoms with Gasteiger partial charge in [-0.25, -0.2) is 5.43 Å². The van der Waals surface area contributed by atoms with Gasteiger partial charge in [0.2, 0.25) is 0 Å². The molecule has 2 N–H and O–H groups in total. The van der Waals surface area contributed by atoms with Crippen molar-refractivity contribution in [2.45, 2.75) is 6.92 Å². The fraction of sp³-hybridized carbons (Fsp3) is 0.143. The molecule has 0 bridgehead atoms. The summed E-state index contributed by atoms with van der Waals surface area (Å²) in [4.78, 5) is 11.5. The van der Waals surface area contributed by atoms with E-state index >= 15 is 0 Å². The predicted molar refractivity (Wildman–Crippen MR) is 73.0 cm³/mol. The highest BCUT2D eigenvalue weighted by Crippen LogP contribution is 2.28. The fourth-order valence-corrected chi connectivity index (χ4v) is 1.54. The Hall–Kier alpha value is -2.76. The van der Waals surface area contributed by atoms with Gasteiger partial charge in [-0.05, 0) is 31.2 Å². The van der Waals surface area contributed by atoms with Crippen LogP contribution in [0.3, 0.4) is 0 Å². The first kappa shape index (κ1) is 13.7. The number of aromatic hydroxyl groups is 1. The molecule has 0 atom stereocenters. The van der Waals surface area contributed by atoms with Gasteiger partial charge < -0.3 is 14.3 Å². The van der Waals surface area contributed by atoms with Crippen molar-refractivity contribution in [1.29, 1.82) is 0 Å². The van der Waals surface area contributed by atoms with E-state index in [2.05, 4.69) is 10.5 Å². The first-order valence-corrected chi connectivity index (χ1v) is 6.04. The molecule has 0 fully saturated rings. The number of ether oxygens (including phenoxy) is 1. The fourth-order valence-electron chi connectivity index (χ4n) is 1.54. The van der Waals surface area contributed by atoms with Gasteiger partial charge in [0.05, 0.1) is 19.1 Å². The van der Waals surface area contributed by atoms with Crippen LogP contribution in [0.5, 0.6) is 11.5 Å². The molecular weight excluding hydrogens is 260 g/mol. The number of benzene rings is 1. The van der Waals surface area contributed by atoms with Gasteiger partial charge in [0, 0.05) is 5.56 Å². The van der Waals surface area contributed by atoms with Crippen molar-refractivity contribution < 1.29 is 19.1 Å². The van der Waals surface area contributed by atoms with Crippen LogP contribution < -0.4 is 10.2 Å². The quantitative estimate of drug-likeness (QED) is 0.646. The number of hydrogen-bond donors (Lipinski definition) is 2. The van der Waals surface area contributed by atoms with Crippen LogP contribution in [0.1, 0.15) is 23.0 Å². The SMILES string of the molecule is CCOc1cccc(C=NNC(=O)c2ccco2)c1O. The highest BCUT2D eigenvalue weighted by Gasteiger charge is 2.08. The van der Waals surface area contributed by atoms with E-state index in [1.54, 1.807) is 24.3 Å². The van der Waals surface area contributed by atoms with Crippen LogP contribution in [0.25, 0.3) is 0 Å². The molecule has 0 aliphatic rings. The number of amides is 1. The van der Waals surface area contributed by atoms with Crippen molar-refractivity contribution in [2.75, 3.05) is 6.61 Å². The van der Waals surface area contributed by atoms with Crippen molar-refractivity contribution in [2.24, 2.45) is 5.10 Å². The molecule has 1 aromatic heterocycles. The molecular formula is C14H14N2O4. The highest BCUT2D eigenvalue weighted by atomic mass is 16.5. The number of carbonyl (C=O) groups is 1. The zero-order chi connectivity index (χ0) is 14.4. The molecule has 1 heterocycles. The minimum Gasteiger partial charge on any atom is -0.504 e. The molecule has 104 valence electrons. The van der Waals surface area contributed by atoms with Crippen molar-refractivity contribution in [1.82, 2.24) is 5.43 Å². The van der Waals surface area contributed by atoms with Crippen molar-refractivity contribution >= 4 is 12.1 Å². The van der Waals surface area contributed by atoms with E-state index in [0.717, 1.165) is 0 Å². The zero-order valence-corrected chi connectivity index (χ0v) is 10.9. The second kappa shape index (κ2) is 6.42. The average molecular weight is 274 g/mol. The van der Waals surface area contributed by atoms with Crippen LogP contribution in [0.15, 0.2) is 46.1 Å². The monoisotopic (exact) mass is 274 g/mol. The lowest BCUT2D eigenvalue weighted by Gasteiger charge is -2.06. The number of hydrazone groups is 1. The molecule has 20 heavy (non-hydrogen) atoms. The Morgan fingerprint density at radius 1 is 1.45 bits per heavy atom. The number of carbonyl (C=O) groups excluding carboxylic acids is 1. The van der Waals surface area contributed by atoms with Crippen LogP contribution >= 0.6 is 0 Å². The van der Waals surface area contributed by atoms with Gasteiger partial charge >= 0.3 is 5.91 Å². The van der Waals surface area contributed by atoms with E-state index < -0.39 is 5.91 Å². The number of hydrogen-bond acceptors (Lipinski definition) is 5. The third-order valence-corrected chi connectivity index (χ3v) is 2.44. The minimum absolute atomic E-state index is 0.0228. The summed E-state index contributed by atoms with van der Waals surface area (Å²) in [6.07, 6.45) is 2.73. The summed E-state index contributed by atoms with van der Waals surface area (Å²) in [5, 5.41) is 13.7. The molecule has 0 radical (unpaired) electrons. The number of rotatable bonds is 5. The molecule has 6 nitrogen and oxygen atoms in total. The van der Waals surface area contributed by atoms with Gasteiger partial charge in [-0.1, -0.05) is 6.07 Å². The zero-order valence-electron chi connectivity index (χ0n) is 10.9. The number of furan rings is 1. The molecule has 0 unspecified atom stereocenters. The number of nitrogens with one attached hydrogen (secondary N) is 1. The molecule has 0 aliphatic carbocycles. The smallest absolute Gasteiger partial charge is 0.307 e. The van der Waals surface area contributed by atoms with Crippen LogP contribution in [-0.4, -0.2) is 23.8 Å². The molecule has 6 heteroatoms. The van der Waals surface area contributed by atoms with Crippen LogP contribution in [-0.2, 0) is 0 Å². The maximum atomic E-state index is 11.5. The molecule has 0 aliphatic heterocycles. The molecule has 0 spiro atoms. The summed E-state index contributed by atoms with van der Waals surface area (Å²) >= 11 is 0. The Morgan fingerprint density at radius 3 is 3.00 bits per heavy atom. The van der Waals surface area contributed by atoms with Gasteiger partial charge in [-0.3, -0.25) is 4.79 Å². The Morgan fingerprint density at radius 2 is 2.30 bits per heavy atom. The van der Waals surface area contributed by atoms with Gasteiger partial charge in [-0.15, -0.1) is 0 Å². The number of phenolic OH excluding ortho intramolecular Hbond substituents is 1. The lowest BCUT2D eigenvalue weighted by molar-refractivity contribution is 0.0927. The van der Waals surface area contributed by atoms with Gasteiger partial charge in [0.25, 0.3) is 0 Å². The van der Waals surface area contributed by atoms with E-state index in [4.69, 9.17) is 9.15 Å². The third-order valence-electron chi connectivity index (χ3n) is 2.44. The molecule has 1 amide bonds. The Bertz CT molecular complexity index is 606. The Labute approximate surface area is 115 Å². The van der Waals surface area contributed by atoms with Crippen LogP contribution in [0.2, 0.25) is 0 Å². The summed E-state index contributed by atoms with van der Waals surface area (Å²) in [6.45, 7) is 2.27. The maximum absolute atomic E-state index is 11.5. The molecule has 2 aromatic rings. The highest BCUT2D eigenvalue weighted by molar-refractivity contribution is 5.92. The number of phenols is 1. The van der Waals surface area contributed by atoms with Crippen LogP contribution in [0.4, 0.5) is 0 Å². The average Bonchev–Trinajstić information content (AvgIpc) is 2.97. The first-order chi connectivity index (χ1) is 9.72. The third kappa shape index (κ3) is 3.17. The minimum atomic E-state index is -0.466. The Kier molecular flexibility index (Phi) is 4.39. The molecule has 2 rings (SSSR count). The molecule has 1 aromatic carbocycles. The van der Waals surface area contributed by atoms with E-state index in [-0.39, 0.29) is 11.5 Å². The van der Waals surface area contributed by atoms with E-state index in [1.807, 2.05) is 6.92 Å². The topological polar surface area (TPSA) is 84.1 Å². The standard InChI is InChI=1S/C14H14N2O4/c1-2-19-11-6-3-5-10(13(11)17)9-15-16-14(18)12-7-4-8-20-12/h3-9,17H,2H2,1H3,(H,16,18). The van der Waals surface area contributed by atoms with Gasteiger partial charge in [-0.2, -0.15) is 5.10 Å². The van der Waals surface area contributed by atoms with E-state index in [0.29, 0.717) is 17.9 Å². The summed E-state index contributed by atoms with van der Waals surface area (Å²) < 4.78 is 10.2. The van der Waals surface area contributed by atoms with Crippen molar-refractivity contribution in [3.8, 4) is 11.5 Å². The van der Waals surface area contributed by atoms with Crippen molar-refractivity contribution in [3.63, 3.8) is 0 Å². The maximum Gasteiger partial charge on any atom is 0.307 e. The summed E-state index contributed by atoms with van der Waals surface area (Å²) in [5.74, 6) is 0.0419.